The number of esters is 1. The van der Waals surface area contributed by atoms with Gasteiger partial charge in [0.1, 0.15) is 11.6 Å². The summed E-state index contributed by atoms with van der Waals surface area (Å²) in [5.41, 5.74) is 0.869. The van der Waals surface area contributed by atoms with Gasteiger partial charge in [0.2, 0.25) is 0 Å². The highest BCUT2D eigenvalue weighted by molar-refractivity contribution is 5.97. The number of unbranched alkanes of at least 4 members (excludes halogenated alkanes) is 4. The summed E-state index contributed by atoms with van der Waals surface area (Å²) >= 11 is 0. The molecule has 20 heavy (non-hydrogen) atoms. The molecule has 0 unspecified atom stereocenters. The molecule has 0 saturated carbocycles. The Balaban J connectivity index is 2.40. The second-order valence-electron chi connectivity index (χ2n) is 4.63. The van der Waals surface area contributed by atoms with Crippen molar-refractivity contribution in [2.75, 3.05) is 6.61 Å². The van der Waals surface area contributed by atoms with Crippen LogP contribution in [0.4, 0.5) is 0 Å². The van der Waals surface area contributed by atoms with E-state index in [9.17, 15) is 4.79 Å². The normalized spacial score (nSPS) is 10.9. The van der Waals surface area contributed by atoms with Crippen LogP contribution in [0.2, 0.25) is 0 Å². The second kappa shape index (κ2) is 9.80. The van der Waals surface area contributed by atoms with Crippen molar-refractivity contribution in [1.29, 1.82) is 5.26 Å². The van der Waals surface area contributed by atoms with Crippen molar-refractivity contribution in [3.63, 3.8) is 0 Å². The van der Waals surface area contributed by atoms with Crippen molar-refractivity contribution >= 4 is 12.0 Å². The fourth-order valence-electron chi connectivity index (χ4n) is 1.80. The Morgan fingerprint density at radius 2 is 1.90 bits per heavy atom. The Morgan fingerprint density at radius 1 is 1.20 bits per heavy atom. The van der Waals surface area contributed by atoms with Gasteiger partial charge in [-0.15, -0.1) is 0 Å². The quantitative estimate of drug-likeness (QED) is 0.309. The fourth-order valence-corrected chi connectivity index (χ4v) is 1.80. The Labute approximate surface area is 120 Å². The molecule has 1 aromatic carbocycles. The van der Waals surface area contributed by atoms with Crippen molar-refractivity contribution in [3.05, 3.63) is 41.5 Å². The van der Waals surface area contributed by atoms with Crippen molar-refractivity contribution in [3.8, 4) is 6.07 Å². The number of hydrogen-bond acceptors (Lipinski definition) is 3. The predicted molar refractivity (Wildman–Crippen MR) is 79.8 cm³/mol. The summed E-state index contributed by atoms with van der Waals surface area (Å²) in [7, 11) is 0. The number of nitrogens with zero attached hydrogens (tertiary/aromatic N) is 1. The standard InChI is InChI=1S/C17H21NO2/c1-2-3-4-5-9-12-20-17(19)16(14-18)13-15-10-7-6-8-11-15/h6-8,10-11,13H,2-5,9,12H2,1H3/b16-13-. The number of ether oxygens (including phenoxy) is 1. The zero-order valence-electron chi connectivity index (χ0n) is 12.0. The molecule has 0 amide bonds. The van der Waals surface area contributed by atoms with Gasteiger partial charge in [-0.25, -0.2) is 4.79 Å². The van der Waals surface area contributed by atoms with E-state index in [1.54, 1.807) is 6.08 Å². The van der Waals surface area contributed by atoms with Crippen LogP contribution in [0.15, 0.2) is 35.9 Å². The third-order valence-electron chi connectivity index (χ3n) is 2.93. The molecule has 0 spiro atoms. The van der Waals surface area contributed by atoms with Gasteiger partial charge in [0, 0.05) is 0 Å². The van der Waals surface area contributed by atoms with Crippen LogP contribution in [0.3, 0.4) is 0 Å². The van der Waals surface area contributed by atoms with E-state index in [2.05, 4.69) is 6.92 Å². The Bertz CT molecular complexity index is 472. The Morgan fingerprint density at radius 3 is 2.55 bits per heavy atom. The lowest BCUT2D eigenvalue weighted by atomic mass is 10.1. The summed E-state index contributed by atoms with van der Waals surface area (Å²) in [4.78, 5) is 11.8. The minimum Gasteiger partial charge on any atom is -0.462 e. The number of carbonyl (C=O) groups is 1. The van der Waals surface area contributed by atoms with E-state index in [0.29, 0.717) is 6.61 Å². The van der Waals surface area contributed by atoms with E-state index in [1.165, 1.54) is 19.3 Å². The third-order valence-corrected chi connectivity index (χ3v) is 2.93. The first-order valence-electron chi connectivity index (χ1n) is 7.12. The molecule has 0 atom stereocenters. The summed E-state index contributed by atoms with van der Waals surface area (Å²) in [5, 5.41) is 9.01. The van der Waals surface area contributed by atoms with Crippen LogP contribution >= 0.6 is 0 Å². The van der Waals surface area contributed by atoms with E-state index in [-0.39, 0.29) is 5.57 Å². The second-order valence-corrected chi connectivity index (χ2v) is 4.63. The number of benzene rings is 1. The highest BCUT2D eigenvalue weighted by Crippen LogP contribution is 2.08. The lowest BCUT2D eigenvalue weighted by molar-refractivity contribution is -0.138. The molecule has 0 N–H and O–H groups in total. The summed E-state index contributed by atoms with van der Waals surface area (Å²) < 4.78 is 5.12. The van der Waals surface area contributed by atoms with Crippen LogP contribution in [0.5, 0.6) is 0 Å². The van der Waals surface area contributed by atoms with E-state index < -0.39 is 5.97 Å². The lowest BCUT2D eigenvalue weighted by Gasteiger charge is -2.03. The molecule has 0 aliphatic heterocycles. The SMILES string of the molecule is CCCCCCCOC(=O)/C(C#N)=C\c1ccccc1. The topological polar surface area (TPSA) is 50.1 Å². The first-order chi connectivity index (χ1) is 9.77. The van der Waals surface area contributed by atoms with Crippen LogP contribution in [0.1, 0.15) is 44.6 Å². The molecule has 3 nitrogen and oxygen atoms in total. The largest absolute Gasteiger partial charge is 0.462 e. The monoisotopic (exact) mass is 271 g/mol. The molecule has 0 aromatic heterocycles. The molecule has 1 rings (SSSR count). The highest BCUT2D eigenvalue weighted by Gasteiger charge is 2.10. The average Bonchev–Trinajstić information content (AvgIpc) is 2.49. The Kier molecular flexibility index (Phi) is 7.83. The maximum atomic E-state index is 11.8. The van der Waals surface area contributed by atoms with E-state index in [0.717, 1.165) is 18.4 Å². The molecular weight excluding hydrogens is 250 g/mol. The molecule has 0 radical (unpaired) electrons. The van der Waals surface area contributed by atoms with Crippen LogP contribution in [0.25, 0.3) is 6.08 Å². The van der Waals surface area contributed by atoms with Crippen LogP contribution in [0, 0.1) is 11.3 Å². The number of carbonyl (C=O) groups excluding carboxylic acids is 1. The van der Waals surface area contributed by atoms with E-state index >= 15 is 0 Å². The molecule has 0 heterocycles. The minimum absolute atomic E-state index is 0.0461. The zero-order chi connectivity index (χ0) is 14.6. The molecular formula is C17H21NO2. The average molecular weight is 271 g/mol. The third kappa shape index (κ3) is 6.19. The van der Waals surface area contributed by atoms with Crippen molar-refractivity contribution in [1.82, 2.24) is 0 Å². The number of rotatable bonds is 8. The predicted octanol–water partition coefficient (Wildman–Crippen LogP) is 4.11. The van der Waals surface area contributed by atoms with Gasteiger partial charge in [-0.2, -0.15) is 5.26 Å². The van der Waals surface area contributed by atoms with Crippen molar-refractivity contribution in [2.45, 2.75) is 39.0 Å². The molecule has 0 bridgehead atoms. The lowest BCUT2D eigenvalue weighted by Crippen LogP contribution is -2.08. The fraction of sp³-hybridized carbons (Fsp3) is 0.412. The summed E-state index contributed by atoms with van der Waals surface area (Å²) in [6.07, 6.45) is 7.04. The van der Waals surface area contributed by atoms with Crippen LogP contribution in [-0.2, 0) is 9.53 Å². The van der Waals surface area contributed by atoms with Crippen molar-refractivity contribution in [2.24, 2.45) is 0 Å². The zero-order valence-corrected chi connectivity index (χ0v) is 12.0. The van der Waals surface area contributed by atoms with Gasteiger partial charge in [0.15, 0.2) is 0 Å². The van der Waals surface area contributed by atoms with Gasteiger partial charge in [-0.3, -0.25) is 0 Å². The molecule has 106 valence electrons. The van der Waals surface area contributed by atoms with Crippen LogP contribution < -0.4 is 0 Å². The van der Waals surface area contributed by atoms with Gasteiger partial charge < -0.3 is 4.74 Å². The molecule has 0 aliphatic carbocycles. The molecule has 3 heteroatoms. The van der Waals surface area contributed by atoms with Crippen LogP contribution in [-0.4, -0.2) is 12.6 Å². The molecule has 0 aliphatic rings. The van der Waals surface area contributed by atoms with E-state index in [4.69, 9.17) is 10.00 Å². The molecule has 0 fully saturated rings. The molecule has 1 aromatic rings. The molecule has 0 saturated heterocycles. The highest BCUT2D eigenvalue weighted by atomic mass is 16.5. The smallest absolute Gasteiger partial charge is 0.348 e. The van der Waals surface area contributed by atoms with Gasteiger partial charge in [-0.1, -0.05) is 62.9 Å². The van der Waals surface area contributed by atoms with Crippen molar-refractivity contribution < 1.29 is 9.53 Å². The maximum absolute atomic E-state index is 11.8. The summed E-state index contributed by atoms with van der Waals surface area (Å²) in [6, 6.07) is 11.2. The summed E-state index contributed by atoms with van der Waals surface area (Å²) in [5.74, 6) is -0.535. The Hall–Kier alpha value is -2.08. The maximum Gasteiger partial charge on any atom is 0.348 e. The first-order valence-corrected chi connectivity index (χ1v) is 7.12. The first kappa shape index (κ1) is 16.0. The van der Waals surface area contributed by atoms with Gasteiger partial charge in [0.05, 0.1) is 6.61 Å². The minimum atomic E-state index is -0.535. The van der Waals surface area contributed by atoms with Gasteiger partial charge in [0.25, 0.3) is 0 Å². The van der Waals surface area contributed by atoms with Gasteiger partial charge >= 0.3 is 5.97 Å². The summed E-state index contributed by atoms with van der Waals surface area (Å²) in [6.45, 7) is 2.55. The van der Waals surface area contributed by atoms with Gasteiger partial charge in [-0.05, 0) is 18.1 Å². The number of nitriles is 1. The van der Waals surface area contributed by atoms with E-state index in [1.807, 2.05) is 36.4 Å². The number of hydrogen-bond donors (Lipinski definition) is 0.